The van der Waals surface area contributed by atoms with Gasteiger partial charge in [0, 0.05) is 32.7 Å². The molecule has 0 bridgehead atoms. The Balaban J connectivity index is 1.59. The fourth-order valence-corrected chi connectivity index (χ4v) is 3.69. The Morgan fingerprint density at radius 2 is 1.85 bits per heavy atom. The van der Waals surface area contributed by atoms with Crippen molar-refractivity contribution in [3.8, 4) is 0 Å². The van der Waals surface area contributed by atoms with Gasteiger partial charge in [-0.05, 0) is 48.6 Å². The second-order valence-corrected chi connectivity index (χ2v) is 7.47. The number of benzene rings is 2. The molecule has 138 valence electrons. The fraction of sp³-hybridized carbons (Fsp3) is 0.409. The molecule has 1 amide bonds. The van der Waals surface area contributed by atoms with Crippen LogP contribution in [0, 0.1) is 6.92 Å². The number of aryl methyl sites for hydroxylation is 2. The Morgan fingerprint density at radius 1 is 1.15 bits per heavy atom. The number of likely N-dealkylation sites (tertiary alicyclic amines) is 1. The van der Waals surface area contributed by atoms with Crippen molar-refractivity contribution in [2.24, 2.45) is 0 Å². The topological polar surface area (TPSA) is 43.8 Å². The first-order chi connectivity index (χ1) is 12.4. The maximum absolute atomic E-state index is 12.6. The zero-order valence-electron chi connectivity index (χ0n) is 15.9. The lowest BCUT2D eigenvalue weighted by atomic mass is 9.89. The van der Waals surface area contributed by atoms with Gasteiger partial charge in [-0.15, -0.1) is 0 Å². The van der Waals surface area contributed by atoms with Crippen molar-refractivity contribution < 1.29 is 9.90 Å². The summed E-state index contributed by atoms with van der Waals surface area (Å²) in [5.74, 6) is 0.117. The van der Waals surface area contributed by atoms with Crippen LogP contribution in [-0.2, 0) is 16.8 Å². The second kappa shape index (κ2) is 7.50. The predicted octanol–water partition coefficient (Wildman–Crippen LogP) is 3.11. The zero-order valence-corrected chi connectivity index (χ0v) is 15.9. The molecule has 1 saturated heterocycles. The monoisotopic (exact) mass is 352 g/mol. The molecular formula is C22H28N2O2. The minimum atomic E-state index is -0.922. The highest BCUT2D eigenvalue weighted by atomic mass is 16.3. The van der Waals surface area contributed by atoms with Crippen LogP contribution in [0.4, 0.5) is 5.69 Å². The quantitative estimate of drug-likeness (QED) is 0.899. The summed E-state index contributed by atoms with van der Waals surface area (Å²) in [5.41, 5.74) is 3.41. The van der Waals surface area contributed by atoms with Crippen LogP contribution in [0.15, 0.2) is 48.5 Å². The average Bonchev–Trinajstić information content (AvgIpc) is 3.03. The van der Waals surface area contributed by atoms with Crippen LogP contribution in [0.1, 0.15) is 29.5 Å². The highest BCUT2D eigenvalue weighted by molar-refractivity contribution is 5.77. The summed E-state index contributed by atoms with van der Waals surface area (Å²) in [5, 5.41) is 11.0. The van der Waals surface area contributed by atoms with Gasteiger partial charge < -0.3 is 14.9 Å². The molecule has 1 N–H and O–H groups in total. The minimum absolute atomic E-state index is 0.117. The number of nitrogens with zero attached hydrogens (tertiary/aromatic N) is 2. The number of amides is 1. The highest BCUT2D eigenvalue weighted by Crippen LogP contribution is 2.34. The molecule has 26 heavy (non-hydrogen) atoms. The Morgan fingerprint density at radius 3 is 2.50 bits per heavy atom. The van der Waals surface area contributed by atoms with Gasteiger partial charge in [0.25, 0.3) is 0 Å². The van der Waals surface area contributed by atoms with Crippen molar-refractivity contribution in [1.82, 2.24) is 4.90 Å². The van der Waals surface area contributed by atoms with Gasteiger partial charge in [-0.25, -0.2) is 0 Å². The molecule has 2 aromatic rings. The van der Waals surface area contributed by atoms with E-state index in [0.717, 1.165) is 28.8 Å². The molecule has 4 nitrogen and oxygen atoms in total. The van der Waals surface area contributed by atoms with Gasteiger partial charge in [-0.1, -0.05) is 36.4 Å². The highest BCUT2D eigenvalue weighted by Gasteiger charge is 2.40. The summed E-state index contributed by atoms with van der Waals surface area (Å²) in [7, 11) is 4.03. The molecule has 1 aliphatic heterocycles. The zero-order chi connectivity index (χ0) is 18.7. The second-order valence-electron chi connectivity index (χ2n) is 7.47. The normalized spacial score (nSPS) is 19.6. The molecule has 0 radical (unpaired) electrons. The number of β-amino-alcohol motifs (C(OH)–C–C–N with tert-alkyl or cyclic N) is 1. The summed E-state index contributed by atoms with van der Waals surface area (Å²) >= 11 is 0. The first-order valence-corrected chi connectivity index (χ1v) is 9.21. The van der Waals surface area contributed by atoms with E-state index in [4.69, 9.17) is 0 Å². The third-order valence-corrected chi connectivity index (χ3v) is 5.33. The van der Waals surface area contributed by atoms with E-state index in [0.29, 0.717) is 25.9 Å². The Bertz CT molecular complexity index is 770. The van der Waals surface area contributed by atoms with Gasteiger partial charge in [-0.3, -0.25) is 4.79 Å². The SMILES string of the molecule is Cc1ccccc1C1(O)CCN(C(=O)CCc2ccc(N(C)C)cc2)C1. The van der Waals surface area contributed by atoms with Crippen LogP contribution < -0.4 is 4.90 Å². The summed E-state index contributed by atoms with van der Waals surface area (Å²) < 4.78 is 0. The van der Waals surface area contributed by atoms with Crippen molar-refractivity contribution >= 4 is 11.6 Å². The fourth-order valence-electron chi connectivity index (χ4n) is 3.69. The van der Waals surface area contributed by atoms with E-state index >= 15 is 0 Å². The molecule has 1 unspecified atom stereocenters. The van der Waals surface area contributed by atoms with Crippen LogP contribution in [0.25, 0.3) is 0 Å². The van der Waals surface area contributed by atoms with E-state index in [1.165, 1.54) is 0 Å². The largest absolute Gasteiger partial charge is 0.383 e. The number of aliphatic hydroxyl groups is 1. The maximum Gasteiger partial charge on any atom is 0.223 e. The summed E-state index contributed by atoms with van der Waals surface area (Å²) in [6, 6.07) is 16.2. The van der Waals surface area contributed by atoms with E-state index < -0.39 is 5.60 Å². The standard InChI is InChI=1S/C22H28N2O2/c1-17-6-4-5-7-20(17)22(26)14-15-24(16-22)21(25)13-10-18-8-11-19(12-9-18)23(2)3/h4-9,11-12,26H,10,13-16H2,1-3H3. The third kappa shape index (κ3) is 3.91. The van der Waals surface area contributed by atoms with Crippen molar-refractivity contribution in [3.05, 3.63) is 65.2 Å². The molecule has 2 aromatic carbocycles. The maximum atomic E-state index is 12.6. The van der Waals surface area contributed by atoms with Crippen molar-refractivity contribution in [3.63, 3.8) is 0 Å². The predicted molar refractivity (Wildman–Crippen MR) is 105 cm³/mol. The average molecular weight is 352 g/mol. The smallest absolute Gasteiger partial charge is 0.223 e. The van der Waals surface area contributed by atoms with E-state index in [1.807, 2.05) is 45.3 Å². The first-order valence-electron chi connectivity index (χ1n) is 9.21. The summed E-state index contributed by atoms with van der Waals surface area (Å²) in [6.45, 7) is 3.01. The van der Waals surface area contributed by atoms with Crippen molar-refractivity contribution in [1.29, 1.82) is 0 Å². The van der Waals surface area contributed by atoms with Crippen LogP contribution in [-0.4, -0.2) is 43.1 Å². The molecule has 1 fully saturated rings. The lowest BCUT2D eigenvalue weighted by molar-refractivity contribution is -0.131. The molecule has 0 aromatic heterocycles. The van der Waals surface area contributed by atoms with Crippen LogP contribution in [0.3, 0.4) is 0 Å². The molecule has 0 saturated carbocycles. The van der Waals surface area contributed by atoms with Gasteiger partial charge in [0.05, 0.1) is 6.54 Å². The number of carbonyl (C=O) groups excluding carboxylic acids is 1. The molecule has 0 spiro atoms. The minimum Gasteiger partial charge on any atom is -0.383 e. The van der Waals surface area contributed by atoms with Gasteiger partial charge in [-0.2, -0.15) is 0 Å². The van der Waals surface area contributed by atoms with E-state index in [2.05, 4.69) is 29.2 Å². The molecule has 1 atom stereocenters. The summed E-state index contributed by atoms with van der Waals surface area (Å²) in [6.07, 6.45) is 1.80. The Kier molecular flexibility index (Phi) is 5.33. The van der Waals surface area contributed by atoms with E-state index in [1.54, 1.807) is 4.90 Å². The Labute approximate surface area is 156 Å². The van der Waals surface area contributed by atoms with E-state index in [-0.39, 0.29) is 5.91 Å². The molecule has 3 rings (SSSR count). The number of carbonyl (C=O) groups is 1. The van der Waals surface area contributed by atoms with Gasteiger partial charge in [0.1, 0.15) is 5.60 Å². The lowest BCUT2D eigenvalue weighted by Gasteiger charge is -2.25. The summed E-state index contributed by atoms with van der Waals surface area (Å²) in [4.78, 5) is 16.5. The Hall–Kier alpha value is -2.33. The number of anilines is 1. The van der Waals surface area contributed by atoms with Crippen molar-refractivity contribution in [2.75, 3.05) is 32.1 Å². The number of rotatable bonds is 5. The van der Waals surface area contributed by atoms with Gasteiger partial charge in [0.15, 0.2) is 0 Å². The number of hydrogen-bond acceptors (Lipinski definition) is 3. The molecule has 1 heterocycles. The van der Waals surface area contributed by atoms with Gasteiger partial charge in [0.2, 0.25) is 5.91 Å². The van der Waals surface area contributed by atoms with Gasteiger partial charge >= 0.3 is 0 Å². The van der Waals surface area contributed by atoms with Crippen LogP contribution in [0.5, 0.6) is 0 Å². The molecular weight excluding hydrogens is 324 g/mol. The third-order valence-electron chi connectivity index (χ3n) is 5.33. The molecule has 1 aliphatic rings. The molecule has 0 aliphatic carbocycles. The number of hydrogen-bond donors (Lipinski definition) is 1. The lowest BCUT2D eigenvalue weighted by Crippen LogP contribution is -2.34. The molecule has 4 heteroatoms. The van der Waals surface area contributed by atoms with E-state index in [9.17, 15) is 9.90 Å². The van der Waals surface area contributed by atoms with Crippen LogP contribution in [0.2, 0.25) is 0 Å². The van der Waals surface area contributed by atoms with Crippen LogP contribution >= 0.6 is 0 Å². The van der Waals surface area contributed by atoms with Crippen molar-refractivity contribution in [2.45, 2.75) is 31.8 Å². The first kappa shape index (κ1) is 18.5.